The van der Waals surface area contributed by atoms with E-state index in [2.05, 4.69) is 0 Å². The minimum Gasteiger partial charge on any atom is -0.458 e. The fraction of sp³-hybridized carbons (Fsp3) is 0.767. The van der Waals surface area contributed by atoms with E-state index in [1.807, 2.05) is 0 Å². The summed E-state index contributed by atoms with van der Waals surface area (Å²) in [5.74, 6) is -5.32. The molecule has 3 saturated carbocycles. The Kier molecular flexibility index (Phi) is 4.03. The number of alkyl halides is 1. The first-order valence-corrected chi connectivity index (χ1v) is 13.0. The summed E-state index contributed by atoms with van der Waals surface area (Å²) in [4.78, 5) is 39.5. The van der Waals surface area contributed by atoms with E-state index in [0.717, 1.165) is 0 Å². The molecule has 0 amide bonds. The van der Waals surface area contributed by atoms with Crippen molar-refractivity contribution >= 4 is 17.5 Å². The van der Waals surface area contributed by atoms with Crippen LogP contribution in [0.2, 0.25) is 0 Å². The van der Waals surface area contributed by atoms with Crippen molar-refractivity contribution in [2.75, 3.05) is 6.61 Å². The molecule has 0 unspecified atom stereocenters. The molecule has 0 aromatic heterocycles. The molecule has 7 nitrogen and oxygen atoms in total. The van der Waals surface area contributed by atoms with Crippen LogP contribution in [0.4, 0.5) is 4.39 Å². The van der Waals surface area contributed by atoms with Crippen LogP contribution >= 0.6 is 0 Å². The second kappa shape index (κ2) is 8.31. The monoisotopic (exact) mass is 541 g/mol. The van der Waals surface area contributed by atoms with Crippen molar-refractivity contribution in [1.82, 2.24) is 0 Å². The Labute approximate surface area is 236 Å². The van der Waals surface area contributed by atoms with Crippen LogP contribution in [0.5, 0.6) is 0 Å². The zero-order valence-electron chi connectivity index (χ0n) is 31.1. The second-order valence-corrected chi connectivity index (χ2v) is 12.5. The number of esters is 1. The molecule has 1 aliphatic heterocycles. The molecule has 5 aliphatic rings. The summed E-state index contributed by atoms with van der Waals surface area (Å²) < 4.78 is 105. The number of rotatable bonds is 4. The molecule has 0 bridgehead atoms. The maximum Gasteiger partial charge on any atom is 0.306 e. The molecule has 4 fully saturated rings. The van der Waals surface area contributed by atoms with Gasteiger partial charge >= 0.3 is 5.97 Å². The highest BCUT2D eigenvalue weighted by molar-refractivity contribution is 6.01. The zero-order valence-corrected chi connectivity index (χ0v) is 22.1. The molecule has 0 aromatic rings. The lowest BCUT2D eigenvalue weighted by Gasteiger charge is -2.62. The van der Waals surface area contributed by atoms with Gasteiger partial charge in [0.2, 0.25) is 5.78 Å². The van der Waals surface area contributed by atoms with Crippen molar-refractivity contribution in [3.8, 4) is 0 Å². The van der Waals surface area contributed by atoms with Crippen LogP contribution in [0.15, 0.2) is 23.8 Å². The first-order valence-electron chi connectivity index (χ1n) is 17.5. The number of ketones is 2. The number of carbonyl (C=O) groups is 3. The molecule has 4 aliphatic carbocycles. The van der Waals surface area contributed by atoms with Gasteiger partial charge in [0.15, 0.2) is 29.4 Å². The van der Waals surface area contributed by atoms with Gasteiger partial charge in [-0.15, -0.1) is 0 Å². The lowest BCUT2D eigenvalue weighted by molar-refractivity contribution is -0.246. The highest BCUT2D eigenvalue weighted by Crippen LogP contribution is 2.72. The van der Waals surface area contributed by atoms with E-state index in [1.54, 1.807) is 27.7 Å². The molecule has 0 radical (unpaired) electrons. The van der Waals surface area contributed by atoms with E-state index >= 15 is 4.39 Å². The second-order valence-electron chi connectivity index (χ2n) is 12.5. The molecule has 1 heterocycles. The Morgan fingerprint density at radius 1 is 1.24 bits per heavy atom. The van der Waals surface area contributed by atoms with Crippen molar-refractivity contribution in [2.45, 2.75) is 110 Å². The largest absolute Gasteiger partial charge is 0.458 e. The molecule has 210 valence electrons. The third-order valence-electron chi connectivity index (χ3n) is 9.82. The number of aliphatic hydroxyl groups excluding tert-OH is 1. The Morgan fingerprint density at radius 2 is 1.95 bits per heavy atom. The maximum atomic E-state index is 17.6. The fourth-order valence-corrected chi connectivity index (χ4v) is 8.33. The number of hydrogen-bond donors (Lipinski definition) is 1. The Hall–Kier alpha value is -1.90. The first-order chi connectivity index (χ1) is 21.1. The third kappa shape index (κ3) is 3.66. The molecular formula is C30H41FO7. The Bertz CT molecular complexity index is 1400. The number of hydrogen-bond acceptors (Lipinski definition) is 7. The van der Waals surface area contributed by atoms with Crippen LogP contribution in [0, 0.1) is 28.1 Å². The van der Waals surface area contributed by atoms with Crippen molar-refractivity contribution in [2.24, 2.45) is 28.1 Å². The summed E-state index contributed by atoms with van der Waals surface area (Å²) in [6, 6.07) is 0. The van der Waals surface area contributed by atoms with E-state index in [0.29, 0.717) is 12.0 Å². The average molecular weight is 542 g/mol. The van der Waals surface area contributed by atoms with Gasteiger partial charge in [-0.3, -0.25) is 14.4 Å². The fourth-order valence-electron chi connectivity index (χ4n) is 8.33. The average Bonchev–Trinajstić information content (AvgIpc) is 3.30. The summed E-state index contributed by atoms with van der Waals surface area (Å²) in [6.07, 6.45) is 0.630. The van der Waals surface area contributed by atoms with Crippen LogP contribution in [0.1, 0.15) is 92.7 Å². The molecule has 0 spiro atoms. The number of Topliss-reactive ketones (excluding diaryl/α,β-unsaturated/α-hetero) is 1. The predicted molar refractivity (Wildman–Crippen MR) is 137 cm³/mol. The number of fused-ring (bicyclic) bond motifs is 7. The van der Waals surface area contributed by atoms with E-state index in [4.69, 9.17) is 26.5 Å². The van der Waals surface area contributed by atoms with Crippen LogP contribution in [-0.4, -0.2) is 58.5 Å². The molecule has 8 heteroatoms. The van der Waals surface area contributed by atoms with Crippen molar-refractivity contribution < 1.29 is 50.4 Å². The van der Waals surface area contributed by atoms with E-state index in [1.165, 1.54) is 18.2 Å². The highest BCUT2D eigenvalue weighted by Gasteiger charge is 2.80. The van der Waals surface area contributed by atoms with Crippen LogP contribution < -0.4 is 0 Å². The van der Waals surface area contributed by atoms with E-state index in [9.17, 15) is 19.5 Å². The quantitative estimate of drug-likeness (QED) is 0.527. The summed E-state index contributed by atoms with van der Waals surface area (Å²) >= 11 is 0. The molecule has 8 atom stereocenters. The first kappa shape index (κ1) is 18.4. The number of allylic oxidation sites excluding steroid dienone is 4. The number of aliphatic hydroxyl groups is 1. The lowest BCUT2D eigenvalue weighted by atomic mass is 9.44. The summed E-state index contributed by atoms with van der Waals surface area (Å²) in [5.41, 5.74) is -9.51. The minimum absolute atomic E-state index is 0.153. The normalized spacial score (nSPS) is 49.5. The van der Waals surface area contributed by atoms with Gasteiger partial charge in [0, 0.05) is 29.1 Å². The van der Waals surface area contributed by atoms with Crippen LogP contribution in [0.3, 0.4) is 0 Å². The van der Waals surface area contributed by atoms with Gasteiger partial charge in [-0.25, -0.2) is 4.39 Å². The highest BCUT2D eigenvalue weighted by atomic mass is 19.1. The topological polar surface area (TPSA) is 99.1 Å². The number of carbonyl (C=O) groups excluding carboxylic acids is 3. The van der Waals surface area contributed by atoms with Gasteiger partial charge in [0.1, 0.15) is 0 Å². The Balaban J connectivity index is 1.47. The summed E-state index contributed by atoms with van der Waals surface area (Å²) in [5, 5.41) is 11.7. The number of ether oxygens (including phenoxy) is 3. The Morgan fingerprint density at radius 3 is 2.63 bits per heavy atom. The summed E-state index contributed by atoms with van der Waals surface area (Å²) in [7, 11) is 0. The zero-order chi connectivity index (χ0) is 35.6. The standard InChI is InChI=1S/C30H41FO7/c1-25(2,3)15-24(35)36-16-22(34)30-23(37-26(4,5)38-30)13-20-19-9-8-17-12-18(32)10-11-27(17,6)29(19,31)21(33)14-28(20,30)7/h10-12,19-21,23,33H,8-9,13-16H2,1-7H3/t19-,20-,21-,23+,27-,28-,29-,30+/m0/s1/i1D3,2D3,3D3. The SMILES string of the molecule is [2H]C([2H])([2H])C(CC(=O)OCC(=O)[C@@]12OC(C)(C)O[C@@H]1C[C@H]1[C@@H]3CCC4=CC(=O)C=C[C@]4(C)[C@@]3(F)[C@@H](O)C[C@@]12C)(C([2H])([2H])[2H])C([2H])([2H])[2H]. The molecular weight excluding hydrogens is 491 g/mol. The molecule has 0 aromatic carbocycles. The van der Waals surface area contributed by atoms with Crippen LogP contribution in [0.25, 0.3) is 0 Å². The molecule has 38 heavy (non-hydrogen) atoms. The lowest BCUT2D eigenvalue weighted by Crippen LogP contribution is -2.70. The molecule has 5 rings (SSSR count). The smallest absolute Gasteiger partial charge is 0.306 e. The van der Waals surface area contributed by atoms with Gasteiger partial charge < -0.3 is 19.3 Å². The van der Waals surface area contributed by atoms with Crippen molar-refractivity contribution in [3.63, 3.8) is 0 Å². The van der Waals surface area contributed by atoms with Crippen LogP contribution in [-0.2, 0) is 28.6 Å². The van der Waals surface area contributed by atoms with E-state index in [-0.39, 0.29) is 25.0 Å². The van der Waals surface area contributed by atoms with Crippen molar-refractivity contribution in [3.05, 3.63) is 23.8 Å². The van der Waals surface area contributed by atoms with Crippen molar-refractivity contribution in [1.29, 1.82) is 0 Å². The maximum absolute atomic E-state index is 17.6. The third-order valence-corrected chi connectivity index (χ3v) is 9.82. The van der Waals surface area contributed by atoms with Gasteiger partial charge in [-0.05, 0) is 69.9 Å². The van der Waals surface area contributed by atoms with Gasteiger partial charge in [0.25, 0.3) is 0 Å². The van der Waals surface area contributed by atoms with Gasteiger partial charge in [0.05, 0.1) is 18.6 Å². The molecule has 1 saturated heterocycles. The van der Waals surface area contributed by atoms with Gasteiger partial charge in [-0.1, -0.05) is 39.1 Å². The van der Waals surface area contributed by atoms with E-state index < -0.39 is 103 Å². The number of halogens is 1. The summed E-state index contributed by atoms with van der Waals surface area (Å²) in [6.45, 7) is -5.47. The minimum atomic E-state index is -3.64. The van der Waals surface area contributed by atoms with Gasteiger partial charge in [-0.2, -0.15) is 0 Å². The molecule has 1 N–H and O–H groups in total. The predicted octanol–water partition coefficient (Wildman–Crippen LogP) is 4.41.